The maximum atomic E-state index is 10.6. The maximum absolute atomic E-state index is 10.6. The Hall–Kier alpha value is -0.890. The molecule has 0 fully saturated rings. The molecular weight excluding hydrogens is 216 g/mol. The van der Waals surface area contributed by atoms with Crippen LogP contribution in [0.25, 0.3) is 5.57 Å². The lowest BCUT2D eigenvalue weighted by Gasteiger charge is -1.98. The van der Waals surface area contributed by atoms with Gasteiger partial charge in [0.05, 0.1) is 0 Å². The van der Waals surface area contributed by atoms with Crippen molar-refractivity contribution >= 4 is 27.8 Å². The van der Waals surface area contributed by atoms with Crippen molar-refractivity contribution in [3.05, 3.63) is 40.4 Å². The largest absolute Gasteiger partial charge is 0.298 e. The van der Waals surface area contributed by atoms with Gasteiger partial charge >= 0.3 is 0 Å². The number of carbonyl (C=O) groups excluding carboxylic acids is 1. The number of carbonyl (C=O) groups is 1. The molecule has 0 N–H and O–H groups in total. The Morgan fingerprint density at radius 1 is 1.50 bits per heavy atom. The molecule has 0 radical (unpaired) electrons. The first-order chi connectivity index (χ1) is 5.77. The number of halogens is 1. The highest BCUT2D eigenvalue weighted by molar-refractivity contribution is 9.10. The van der Waals surface area contributed by atoms with Gasteiger partial charge in [0.2, 0.25) is 0 Å². The van der Waals surface area contributed by atoms with E-state index in [4.69, 9.17) is 0 Å². The number of aldehydes is 1. The van der Waals surface area contributed by atoms with Gasteiger partial charge in [-0.25, -0.2) is 0 Å². The van der Waals surface area contributed by atoms with Crippen LogP contribution in [0.3, 0.4) is 0 Å². The number of rotatable bonds is 2. The molecule has 0 aliphatic carbocycles. The maximum Gasteiger partial charge on any atom is 0.150 e. The van der Waals surface area contributed by atoms with Crippen LogP contribution in [-0.4, -0.2) is 6.29 Å². The normalized spacial score (nSPS) is 11.3. The second-order valence-electron chi connectivity index (χ2n) is 2.37. The molecule has 2 heteroatoms. The molecule has 1 nitrogen and oxygen atoms in total. The first-order valence-corrected chi connectivity index (χ1v) is 4.44. The molecule has 0 bridgehead atoms. The summed E-state index contributed by atoms with van der Waals surface area (Å²) in [6.07, 6.45) is 2.66. The summed E-state index contributed by atoms with van der Waals surface area (Å²) in [5.74, 6) is 0. The molecule has 0 amide bonds. The van der Waals surface area contributed by atoms with Gasteiger partial charge in [-0.3, -0.25) is 4.79 Å². The molecule has 1 aromatic rings. The van der Waals surface area contributed by atoms with Crippen molar-refractivity contribution in [2.75, 3.05) is 0 Å². The molecule has 0 saturated carbocycles. The Morgan fingerprint density at radius 3 is 2.75 bits per heavy atom. The third-order valence-electron chi connectivity index (χ3n) is 1.60. The van der Waals surface area contributed by atoms with Gasteiger partial charge in [0.25, 0.3) is 0 Å². The van der Waals surface area contributed by atoms with Crippen molar-refractivity contribution in [1.82, 2.24) is 0 Å². The van der Waals surface area contributed by atoms with E-state index >= 15 is 0 Å². The molecule has 0 aromatic heterocycles. The first-order valence-electron chi connectivity index (χ1n) is 3.65. The van der Waals surface area contributed by atoms with Crippen LogP contribution in [0.15, 0.2) is 34.8 Å². The lowest BCUT2D eigenvalue weighted by molar-refractivity contribution is -0.103. The zero-order valence-electron chi connectivity index (χ0n) is 6.75. The van der Waals surface area contributed by atoms with Crippen LogP contribution in [0.2, 0.25) is 0 Å². The van der Waals surface area contributed by atoms with Crippen LogP contribution in [0, 0.1) is 0 Å². The minimum absolute atomic E-state index is 0.719. The number of benzene rings is 1. The summed E-state index contributed by atoms with van der Waals surface area (Å²) < 4.78 is 0.987. The Labute approximate surface area is 80.2 Å². The summed E-state index contributed by atoms with van der Waals surface area (Å²) in [5.41, 5.74) is 1.66. The molecule has 0 heterocycles. The van der Waals surface area contributed by atoms with E-state index in [-0.39, 0.29) is 0 Å². The summed E-state index contributed by atoms with van der Waals surface area (Å²) in [4.78, 5) is 10.6. The van der Waals surface area contributed by atoms with E-state index in [1.165, 1.54) is 0 Å². The first kappa shape index (κ1) is 9.20. The van der Waals surface area contributed by atoms with Gasteiger partial charge in [-0.2, -0.15) is 0 Å². The third-order valence-corrected chi connectivity index (χ3v) is 2.09. The number of hydrogen-bond acceptors (Lipinski definition) is 1. The fourth-order valence-electron chi connectivity index (χ4n) is 0.971. The molecule has 0 unspecified atom stereocenters. The van der Waals surface area contributed by atoms with Gasteiger partial charge in [0.15, 0.2) is 0 Å². The molecule has 62 valence electrons. The summed E-state index contributed by atoms with van der Waals surface area (Å²) >= 11 is 3.35. The second-order valence-corrected chi connectivity index (χ2v) is 3.29. The van der Waals surface area contributed by atoms with Gasteiger partial charge in [-0.1, -0.05) is 34.1 Å². The van der Waals surface area contributed by atoms with E-state index < -0.39 is 0 Å². The Bertz CT molecular complexity index is 315. The molecule has 12 heavy (non-hydrogen) atoms. The van der Waals surface area contributed by atoms with Crippen LogP contribution >= 0.6 is 15.9 Å². The van der Waals surface area contributed by atoms with E-state index in [1.807, 2.05) is 31.2 Å². The van der Waals surface area contributed by atoms with Crippen LogP contribution in [0.5, 0.6) is 0 Å². The summed E-state index contributed by atoms with van der Waals surface area (Å²) in [6, 6.07) is 7.67. The van der Waals surface area contributed by atoms with Crippen molar-refractivity contribution < 1.29 is 4.79 Å². The Morgan fingerprint density at radius 2 is 2.25 bits per heavy atom. The molecule has 0 saturated heterocycles. The van der Waals surface area contributed by atoms with Crippen molar-refractivity contribution in [3.63, 3.8) is 0 Å². The molecule has 0 aliphatic heterocycles. The number of hydrogen-bond donors (Lipinski definition) is 0. The van der Waals surface area contributed by atoms with Gasteiger partial charge in [-0.05, 0) is 24.6 Å². The molecule has 0 atom stereocenters. The smallest absolute Gasteiger partial charge is 0.150 e. The van der Waals surface area contributed by atoms with Crippen molar-refractivity contribution in [1.29, 1.82) is 0 Å². The zero-order valence-corrected chi connectivity index (χ0v) is 8.34. The Kier molecular flexibility index (Phi) is 3.23. The van der Waals surface area contributed by atoms with Crippen LogP contribution in [0.4, 0.5) is 0 Å². The molecule has 0 spiro atoms. The topological polar surface area (TPSA) is 17.1 Å². The number of allylic oxidation sites excluding steroid dienone is 2. The van der Waals surface area contributed by atoms with Gasteiger partial charge < -0.3 is 0 Å². The minimum atomic E-state index is 0.719. The van der Waals surface area contributed by atoms with E-state index in [0.29, 0.717) is 0 Å². The van der Waals surface area contributed by atoms with Crippen LogP contribution in [0.1, 0.15) is 12.5 Å². The van der Waals surface area contributed by atoms with Gasteiger partial charge in [-0.15, -0.1) is 0 Å². The van der Waals surface area contributed by atoms with Crippen LogP contribution in [-0.2, 0) is 4.79 Å². The highest BCUT2D eigenvalue weighted by Gasteiger charge is 1.97. The van der Waals surface area contributed by atoms with E-state index in [1.54, 1.807) is 6.08 Å². The fraction of sp³-hybridized carbons (Fsp3) is 0.100. The van der Waals surface area contributed by atoms with E-state index in [2.05, 4.69) is 15.9 Å². The van der Waals surface area contributed by atoms with E-state index in [0.717, 1.165) is 21.9 Å². The highest BCUT2D eigenvalue weighted by atomic mass is 79.9. The predicted octanol–water partition coefficient (Wildman–Crippen LogP) is 3.05. The quantitative estimate of drug-likeness (QED) is 0.558. The van der Waals surface area contributed by atoms with Crippen molar-refractivity contribution in [2.24, 2.45) is 0 Å². The van der Waals surface area contributed by atoms with Crippen molar-refractivity contribution in [3.8, 4) is 0 Å². The average molecular weight is 225 g/mol. The lowest BCUT2D eigenvalue weighted by atomic mass is 10.1. The molecular formula is C10H9BrO. The minimum Gasteiger partial charge on any atom is -0.298 e. The molecule has 1 rings (SSSR count). The fourth-order valence-corrected chi connectivity index (χ4v) is 1.37. The summed E-state index contributed by atoms with van der Waals surface area (Å²) in [5, 5.41) is 0. The standard InChI is InChI=1S/C10H9BrO/c1-2-8(7-12)9-4-3-5-10(11)6-9/h2-7H,1H3. The second kappa shape index (κ2) is 4.21. The van der Waals surface area contributed by atoms with Crippen LogP contribution < -0.4 is 0 Å². The third kappa shape index (κ3) is 2.05. The zero-order chi connectivity index (χ0) is 8.97. The van der Waals surface area contributed by atoms with E-state index in [9.17, 15) is 4.79 Å². The average Bonchev–Trinajstić information content (AvgIpc) is 2.07. The molecule has 1 aromatic carbocycles. The lowest BCUT2D eigenvalue weighted by Crippen LogP contribution is -1.84. The predicted molar refractivity (Wildman–Crippen MR) is 53.9 cm³/mol. The highest BCUT2D eigenvalue weighted by Crippen LogP contribution is 2.17. The van der Waals surface area contributed by atoms with Gasteiger partial charge in [0.1, 0.15) is 6.29 Å². The Balaban J connectivity index is 3.10. The SMILES string of the molecule is CC=C(C=O)c1cccc(Br)c1. The molecule has 0 aliphatic rings. The van der Waals surface area contributed by atoms with Gasteiger partial charge in [0, 0.05) is 10.0 Å². The summed E-state index contributed by atoms with van der Waals surface area (Å²) in [7, 11) is 0. The van der Waals surface area contributed by atoms with Crippen molar-refractivity contribution in [2.45, 2.75) is 6.92 Å². The summed E-state index contributed by atoms with van der Waals surface area (Å²) in [6.45, 7) is 1.85. The monoisotopic (exact) mass is 224 g/mol.